The molecule has 1 aromatic carbocycles. The summed E-state index contributed by atoms with van der Waals surface area (Å²) in [5, 5.41) is 37.0. The Morgan fingerprint density at radius 1 is 1.00 bits per heavy atom. The molecule has 0 amide bonds. The molecule has 0 spiro atoms. The van der Waals surface area contributed by atoms with Crippen molar-refractivity contribution in [2.45, 2.75) is 0 Å². The van der Waals surface area contributed by atoms with Crippen LogP contribution >= 0.6 is 23.2 Å². The van der Waals surface area contributed by atoms with Gasteiger partial charge in [-0.25, -0.2) is 0 Å². The number of nitriles is 4. The number of hydrogen-bond acceptors (Lipinski definition) is 5. The quantitative estimate of drug-likeness (QED) is 0.779. The maximum Gasteiger partial charge on any atom is 0.188 e. The summed E-state index contributed by atoms with van der Waals surface area (Å²) in [6.45, 7) is 0. The van der Waals surface area contributed by atoms with Crippen molar-refractivity contribution in [3.8, 4) is 24.3 Å². The highest BCUT2D eigenvalue weighted by atomic mass is 35.5. The molecular formula is C14H4Cl2N4O. The van der Waals surface area contributed by atoms with E-state index in [4.69, 9.17) is 44.2 Å². The van der Waals surface area contributed by atoms with Crippen molar-refractivity contribution in [3.05, 3.63) is 33.8 Å². The molecule has 1 aromatic rings. The molecule has 100 valence electrons. The van der Waals surface area contributed by atoms with E-state index >= 15 is 0 Å². The Hall–Kier alpha value is -2.57. The zero-order chi connectivity index (χ0) is 15.8. The fraction of sp³-hybridized carbons (Fsp3) is 0.214. The standard InChI is InChI=1S/C14H4Cl2N4O/c15-8-1-2-9(10(16)3-8)11(21)12-13(4-17,5-18)14(12,6-19)7-20/h1-3,12H. The van der Waals surface area contributed by atoms with Crippen LogP contribution < -0.4 is 0 Å². The number of carbonyl (C=O) groups excluding carboxylic acids is 1. The summed E-state index contributed by atoms with van der Waals surface area (Å²) in [5.41, 5.74) is -3.93. The second-order valence-corrected chi connectivity index (χ2v) is 5.33. The van der Waals surface area contributed by atoms with Crippen molar-refractivity contribution in [2.24, 2.45) is 16.7 Å². The fourth-order valence-corrected chi connectivity index (χ4v) is 2.88. The van der Waals surface area contributed by atoms with Crippen LogP contribution in [0.4, 0.5) is 0 Å². The molecule has 0 radical (unpaired) electrons. The number of benzene rings is 1. The first-order valence-electron chi connectivity index (χ1n) is 5.58. The van der Waals surface area contributed by atoms with Crippen molar-refractivity contribution in [1.82, 2.24) is 0 Å². The fourth-order valence-electron chi connectivity index (χ4n) is 2.37. The van der Waals surface area contributed by atoms with Gasteiger partial charge in [0, 0.05) is 10.6 Å². The van der Waals surface area contributed by atoms with Crippen LogP contribution in [-0.4, -0.2) is 5.78 Å². The number of ketones is 1. The van der Waals surface area contributed by atoms with Gasteiger partial charge in [0.15, 0.2) is 16.6 Å². The van der Waals surface area contributed by atoms with E-state index in [1.165, 1.54) is 18.2 Å². The van der Waals surface area contributed by atoms with Crippen LogP contribution in [0.5, 0.6) is 0 Å². The van der Waals surface area contributed by atoms with Crippen molar-refractivity contribution >= 4 is 29.0 Å². The predicted octanol–water partition coefficient (Wildman–Crippen LogP) is 2.87. The predicted molar refractivity (Wildman–Crippen MR) is 71.6 cm³/mol. The van der Waals surface area contributed by atoms with Gasteiger partial charge in [0.1, 0.15) is 0 Å². The lowest BCUT2D eigenvalue weighted by Crippen LogP contribution is -2.09. The van der Waals surface area contributed by atoms with Gasteiger partial charge in [-0.1, -0.05) is 23.2 Å². The van der Waals surface area contributed by atoms with Crippen LogP contribution in [0.2, 0.25) is 10.0 Å². The molecule has 0 saturated heterocycles. The summed E-state index contributed by atoms with van der Waals surface area (Å²) < 4.78 is 0. The molecule has 1 fully saturated rings. The molecule has 1 aliphatic rings. The van der Waals surface area contributed by atoms with Crippen molar-refractivity contribution in [1.29, 1.82) is 21.0 Å². The maximum absolute atomic E-state index is 12.5. The zero-order valence-electron chi connectivity index (χ0n) is 10.3. The largest absolute Gasteiger partial charge is 0.294 e. The number of rotatable bonds is 2. The minimum absolute atomic E-state index is 0.0216. The van der Waals surface area contributed by atoms with Gasteiger partial charge in [0.05, 0.1) is 35.2 Å². The normalized spacial score (nSPS) is 17.6. The first-order chi connectivity index (χ1) is 9.94. The molecule has 0 bridgehead atoms. The Labute approximate surface area is 130 Å². The second-order valence-electron chi connectivity index (χ2n) is 4.48. The third kappa shape index (κ3) is 1.70. The van der Waals surface area contributed by atoms with E-state index in [9.17, 15) is 4.79 Å². The number of Topliss-reactive ketones (excluding diaryl/α,β-unsaturated/α-hetero) is 1. The lowest BCUT2D eigenvalue weighted by molar-refractivity contribution is 0.0954. The zero-order valence-corrected chi connectivity index (χ0v) is 11.8. The van der Waals surface area contributed by atoms with Gasteiger partial charge in [0.25, 0.3) is 0 Å². The van der Waals surface area contributed by atoms with E-state index in [2.05, 4.69) is 0 Å². The van der Waals surface area contributed by atoms with Crippen LogP contribution in [0.3, 0.4) is 0 Å². The van der Waals surface area contributed by atoms with Gasteiger partial charge in [-0.05, 0) is 18.2 Å². The summed E-state index contributed by atoms with van der Waals surface area (Å²) in [6.07, 6.45) is 0. The molecule has 0 atom stereocenters. The average molecular weight is 315 g/mol. The van der Waals surface area contributed by atoms with Gasteiger partial charge in [-0.3, -0.25) is 4.79 Å². The lowest BCUT2D eigenvalue weighted by Gasteiger charge is -2.03. The topological polar surface area (TPSA) is 112 Å². The van der Waals surface area contributed by atoms with Crippen molar-refractivity contribution < 1.29 is 4.79 Å². The lowest BCUT2D eigenvalue weighted by atomic mass is 9.98. The summed E-state index contributed by atoms with van der Waals surface area (Å²) >= 11 is 11.7. The molecular weight excluding hydrogens is 311 g/mol. The van der Waals surface area contributed by atoms with Crippen molar-refractivity contribution in [3.63, 3.8) is 0 Å². The van der Waals surface area contributed by atoms with Gasteiger partial charge in [-0.15, -0.1) is 0 Å². The molecule has 1 saturated carbocycles. The SMILES string of the molecule is N#CC1(C#N)C(C(=O)c2ccc(Cl)cc2Cl)C1(C#N)C#N. The van der Waals surface area contributed by atoms with Crippen LogP contribution in [0, 0.1) is 62.1 Å². The summed E-state index contributed by atoms with van der Waals surface area (Å²) in [6, 6.07) is 10.6. The first-order valence-corrected chi connectivity index (χ1v) is 6.34. The smallest absolute Gasteiger partial charge is 0.188 e. The average Bonchev–Trinajstić information content (AvgIpc) is 3.09. The van der Waals surface area contributed by atoms with Gasteiger partial charge < -0.3 is 0 Å². The Bertz CT molecular complexity index is 753. The monoisotopic (exact) mass is 314 g/mol. The molecule has 21 heavy (non-hydrogen) atoms. The molecule has 2 rings (SSSR count). The number of hydrogen-bond donors (Lipinski definition) is 0. The first kappa shape index (κ1) is 14.8. The summed E-state index contributed by atoms with van der Waals surface area (Å²) in [5.74, 6) is -2.04. The Morgan fingerprint density at radius 2 is 1.48 bits per heavy atom. The number of halogens is 2. The minimum atomic E-state index is -1.98. The summed E-state index contributed by atoms with van der Waals surface area (Å²) in [4.78, 5) is 12.5. The minimum Gasteiger partial charge on any atom is -0.294 e. The molecule has 0 aliphatic heterocycles. The third-order valence-corrected chi connectivity index (χ3v) is 4.12. The van der Waals surface area contributed by atoms with E-state index in [0.29, 0.717) is 5.02 Å². The van der Waals surface area contributed by atoms with Crippen LogP contribution in [0.1, 0.15) is 10.4 Å². The van der Waals surface area contributed by atoms with Gasteiger partial charge >= 0.3 is 0 Å². The molecule has 0 heterocycles. The highest BCUT2D eigenvalue weighted by molar-refractivity contribution is 6.37. The molecule has 5 nitrogen and oxygen atoms in total. The summed E-state index contributed by atoms with van der Waals surface area (Å²) in [7, 11) is 0. The Kier molecular flexibility index (Phi) is 3.36. The van der Waals surface area contributed by atoms with Crippen LogP contribution in [0.15, 0.2) is 18.2 Å². The molecule has 1 aliphatic carbocycles. The van der Waals surface area contributed by atoms with Crippen LogP contribution in [-0.2, 0) is 0 Å². The number of nitrogens with zero attached hydrogens (tertiary/aromatic N) is 4. The van der Waals surface area contributed by atoms with Crippen molar-refractivity contribution in [2.75, 3.05) is 0 Å². The van der Waals surface area contributed by atoms with E-state index in [0.717, 1.165) is 0 Å². The maximum atomic E-state index is 12.5. The van der Waals surface area contributed by atoms with E-state index < -0.39 is 22.5 Å². The highest BCUT2D eigenvalue weighted by Crippen LogP contribution is 2.69. The Balaban J connectivity index is 2.56. The molecule has 0 unspecified atom stereocenters. The van der Waals surface area contributed by atoms with E-state index in [1.54, 1.807) is 24.3 Å². The van der Waals surface area contributed by atoms with Crippen LogP contribution in [0.25, 0.3) is 0 Å². The molecule has 0 aromatic heterocycles. The van der Waals surface area contributed by atoms with Gasteiger partial charge in [-0.2, -0.15) is 21.0 Å². The van der Waals surface area contributed by atoms with E-state index in [-0.39, 0.29) is 10.6 Å². The van der Waals surface area contributed by atoms with Gasteiger partial charge in [0.2, 0.25) is 0 Å². The highest BCUT2D eigenvalue weighted by Gasteiger charge is 2.84. The Morgan fingerprint density at radius 3 is 1.86 bits per heavy atom. The second kappa shape index (κ2) is 4.76. The number of carbonyl (C=O) groups is 1. The molecule has 7 heteroatoms. The van der Waals surface area contributed by atoms with E-state index in [1.807, 2.05) is 0 Å². The molecule has 0 N–H and O–H groups in total. The third-order valence-electron chi connectivity index (χ3n) is 3.57.